The third kappa shape index (κ3) is 4.38. The van der Waals surface area contributed by atoms with Crippen molar-refractivity contribution in [3.63, 3.8) is 0 Å². The van der Waals surface area contributed by atoms with Crippen LogP contribution in [0.1, 0.15) is 35.6 Å². The van der Waals surface area contributed by atoms with Gasteiger partial charge in [-0.15, -0.1) is 0 Å². The smallest absolute Gasteiger partial charge is 0.182 e. The molecule has 0 radical (unpaired) electrons. The van der Waals surface area contributed by atoms with Crippen LogP contribution >= 0.6 is 23.2 Å². The second-order valence-electron chi connectivity index (χ2n) is 7.96. The number of hydrogen-bond acceptors (Lipinski definition) is 6. The summed E-state index contributed by atoms with van der Waals surface area (Å²) in [5.41, 5.74) is 4.69. The normalized spacial score (nSPS) is 13.2. The second-order valence-corrected chi connectivity index (χ2v) is 8.78. The monoisotopic (exact) mass is 480 g/mol. The zero-order valence-corrected chi connectivity index (χ0v) is 19.7. The van der Waals surface area contributed by atoms with Gasteiger partial charge in [0.25, 0.3) is 0 Å². The molecule has 1 aliphatic rings. The number of halogens is 2. The Kier molecular flexibility index (Phi) is 5.91. The third-order valence-corrected chi connectivity index (χ3v) is 6.41. The molecule has 0 bridgehead atoms. The fraction of sp³-hybridized carbons (Fsp3) is 0.250. The summed E-state index contributed by atoms with van der Waals surface area (Å²) in [7, 11) is 1.59. The average molecular weight is 481 g/mol. The van der Waals surface area contributed by atoms with E-state index in [-0.39, 0.29) is 0 Å². The standard InChI is InChI=1S/C24H22Cl2N6O/c1-14-21(24-28-12-20(33-2)23(30-24)29-16-8-10-27-11-9-16)31-32(22(14)15-6-7-15)13-17-18(25)4-3-5-19(17)26/h3-5,8-12,15H,6-7,13H2,1-2H3,(H,27,28,29,30). The highest BCUT2D eigenvalue weighted by molar-refractivity contribution is 6.35. The molecule has 5 rings (SSSR count). The first kappa shape index (κ1) is 21.7. The van der Waals surface area contributed by atoms with Crippen molar-refractivity contribution in [1.29, 1.82) is 0 Å². The van der Waals surface area contributed by atoms with Gasteiger partial charge in [-0.25, -0.2) is 9.97 Å². The average Bonchev–Trinajstić information content (AvgIpc) is 3.60. The summed E-state index contributed by atoms with van der Waals surface area (Å²) in [4.78, 5) is 13.3. The molecular formula is C24H22Cl2N6O. The Balaban J connectivity index is 1.56. The van der Waals surface area contributed by atoms with Crippen LogP contribution in [0.25, 0.3) is 11.5 Å². The molecule has 3 aromatic heterocycles. The van der Waals surface area contributed by atoms with Gasteiger partial charge in [-0.2, -0.15) is 5.10 Å². The molecule has 1 aromatic carbocycles. The molecule has 0 spiro atoms. The lowest BCUT2D eigenvalue weighted by molar-refractivity contribution is 0.413. The number of ether oxygens (including phenoxy) is 1. The van der Waals surface area contributed by atoms with E-state index < -0.39 is 0 Å². The van der Waals surface area contributed by atoms with Gasteiger partial charge in [0.05, 0.1) is 19.9 Å². The Morgan fingerprint density at radius 1 is 1.12 bits per heavy atom. The Hall–Kier alpha value is -3.16. The number of pyridine rings is 1. The number of nitrogens with one attached hydrogen (secondary N) is 1. The Labute approximate surface area is 201 Å². The molecule has 3 heterocycles. The molecule has 1 saturated carbocycles. The molecule has 0 aliphatic heterocycles. The van der Waals surface area contributed by atoms with Crippen LogP contribution < -0.4 is 10.1 Å². The largest absolute Gasteiger partial charge is 0.491 e. The quantitative estimate of drug-likeness (QED) is 0.347. The van der Waals surface area contributed by atoms with Crippen molar-refractivity contribution in [3.05, 3.63) is 75.8 Å². The fourth-order valence-electron chi connectivity index (χ4n) is 3.90. The van der Waals surface area contributed by atoms with E-state index in [1.165, 1.54) is 5.69 Å². The molecule has 7 nitrogen and oxygen atoms in total. The molecule has 0 unspecified atom stereocenters. The number of anilines is 2. The van der Waals surface area contributed by atoms with E-state index >= 15 is 0 Å². The zero-order chi connectivity index (χ0) is 22.9. The van der Waals surface area contributed by atoms with Crippen molar-refractivity contribution in [2.24, 2.45) is 0 Å². The minimum atomic E-state index is 0.472. The SMILES string of the molecule is COc1cnc(-c2nn(Cc3c(Cl)cccc3Cl)c(C3CC3)c2C)nc1Nc1ccncc1. The lowest BCUT2D eigenvalue weighted by Gasteiger charge is -2.11. The van der Waals surface area contributed by atoms with Gasteiger partial charge in [0, 0.05) is 50.9 Å². The predicted octanol–water partition coefficient (Wildman–Crippen LogP) is 6.03. The maximum absolute atomic E-state index is 6.44. The minimum Gasteiger partial charge on any atom is -0.491 e. The van der Waals surface area contributed by atoms with E-state index in [1.807, 2.05) is 35.0 Å². The number of nitrogens with zero attached hydrogens (tertiary/aromatic N) is 5. The Morgan fingerprint density at radius 2 is 1.85 bits per heavy atom. The van der Waals surface area contributed by atoms with Gasteiger partial charge in [-0.1, -0.05) is 29.3 Å². The lowest BCUT2D eigenvalue weighted by atomic mass is 10.1. The molecule has 0 amide bonds. The van der Waals surface area contributed by atoms with E-state index in [0.29, 0.717) is 39.9 Å². The molecule has 1 aliphatic carbocycles. The third-order valence-electron chi connectivity index (χ3n) is 5.70. The molecule has 4 aromatic rings. The zero-order valence-electron chi connectivity index (χ0n) is 18.2. The van der Waals surface area contributed by atoms with Gasteiger partial charge >= 0.3 is 0 Å². The van der Waals surface area contributed by atoms with Crippen molar-refractivity contribution < 1.29 is 4.74 Å². The van der Waals surface area contributed by atoms with Crippen molar-refractivity contribution in [2.45, 2.75) is 32.2 Å². The molecular weight excluding hydrogens is 459 g/mol. The lowest BCUT2D eigenvalue weighted by Crippen LogP contribution is -2.07. The summed E-state index contributed by atoms with van der Waals surface area (Å²) in [6.45, 7) is 2.56. The van der Waals surface area contributed by atoms with Crippen LogP contribution in [0.5, 0.6) is 5.75 Å². The molecule has 1 N–H and O–H groups in total. The minimum absolute atomic E-state index is 0.472. The van der Waals surface area contributed by atoms with Crippen molar-refractivity contribution in [1.82, 2.24) is 24.7 Å². The highest BCUT2D eigenvalue weighted by atomic mass is 35.5. The molecule has 168 valence electrons. The first-order valence-electron chi connectivity index (χ1n) is 10.6. The van der Waals surface area contributed by atoms with Crippen molar-refractivity contribution >= 4 is 34.7 Å². The van der Waals surface area contributed by atoms with Crippen LogP contribution in [0.2, 0.25) is 10.0 Å². The number of hydrogen-bond donors (Lipinski definition) is 1. The number of benzene rings is 1. The maximum Gasteiger partial charge on any atom is 0.182 e. The first-order valence-corrected chi connectivity index (χ1v) is 11.4. The van der Waals surface area contributed by atoms with Gasteiger partial charge in [0.15, 0.2) is 17.4 Å². The van der Waals surface area contributed by atoms with Crippen LogP contribution in [0.3, 0.4) is 0 Å². The van der Waals surface area contributed by atoms with Crippen LogP contribution in [0, 0.1) is 6.92 Å². The van der Waals surface area contributed by atoms with Gasteiger partial charge in [0.1, 0.15) is 5.69 Å². The topological polar surface area (TPSA) is 77.8 Å². The van der Waals surface area contributed by atoms with Crippen molar-refractivity contribution in [2.75, 3.05) is 12.4 Å². The maximum atomic E-state index is 6.44. The van der Waals surface area contributed by atoms with Crippen LogP contribution in [-0.4, -0.2) is 31.8 Å². The van der Waals surface area contributed by atoms with E-state index in [4.69, 9.17) is 38.0 Å². The van der Waals surface area contributed by atoms with E-state index in [0.717, 1.165) is 35.3 Å². The number of rotatable bonds is 7. The Morgan fingerprint density at radius 3 is 2.52 bits per heavy atom. The molecule has 33 heavy (non-hydrogen) atoms. The summed E-state index contributed by atoms with van der Waals surface area (Å²) >= 11 is 12.9. The molecule has 9 heteroatoms. The number of aromatic nitrogens is 5. The summed E-state index contributed by atoms with van der Waals surface area (Å²) < 4.78 is 7.46. The number of methoxy groups -OCH3 is 1. The first-order chi connectivity index (χ1) is 16.0. The molecule has 0 atom stereocenters. The molecule has 1 fully saturated rings. The van der Waals surface area contributed by atoms with Gasteiger partial charge in [-0.05, 0) is 44.0 Å². The van der Waals surface area contributed by atoms with Crippen LogP contribution in [0.4, 0.5) is 11.5 Å². The van der Waals surface area contributed by atoms with Crippen LogP contribution in [-0.2, 0) is 6.54 Å². The highest BCUT2D eigenvalue weighted by Crippen LogP contribution is 2.44. The van der Waals surface area contributed by atoms with Crippen LogP contribution in [0.15, 0.2) is 48.9 Å². The summed E-state index contributed by atoms with van der Waals surface area (Å²) in [5.74, 6) is 2.10. The summed E-state index contributed by atoms with van der Waals surface area (Å²) in [6.07, 6.45) is 7.36. The molecule has 0 saturated heterocycles. The van der Waals surface area contributed by atoms with E-state index in [2.05, 4.69) is 22.2 Å². The highest BCUT2D eigenvalue weighted by Gasteiger charge is 2.32. The second kappa shape index (κ2) is 9.00. The van der Waals surface area contributed by atoms with Gasteiger partial charge < -0.3 is 10.1 Å². The van der Waals surface area contributed by atoms with Crippen molar-refractivity contribution in [3.8, 4) is 17.3 Å². The predicted molar refractivity (Wildman–Crippen MR) is 130 cm³/mol. The van der Waals surface area contributed by atoms with E-state index in [9.17, 15) is 0 Å². The summed E-state index contributed by atoms with van der Waals surface area (Å²) in [5, 5.41) is 9.45. The summed E-state index contributed by atoms with van der Waals surface area (Å²) in [6, 6.07) is 9.26. The Bertz CT molecular complexity index is 1280. The fourth-order valence-corrected chi connectivity index (χ4v) is 4.42. The van der Waals surface area contributed by atoms with Gasteiger partial charge in [-0.3, -0.25) is 9.67 Å². The van der Waals surface area contributed by atoms with Gasteiger partial charge in [0.2, 0.25) is 0 Å². The van der Waals surface area contributed by atoms with E-state index in [1.54, 1.807) is 25.7 Å².